The standard InChI is InChI=1S/C51H32N3S.Ir/c1-4-14-34(15-5-1)40-23-13-29-52-51(40)50-28-27-49(55-50)37-17-12-16-35(30-37)36-25-26-46-42(31-36)44-32-43-41-22-10-11-24-45(41)53(38-18-6-2-7-19-38)47(43)33-48(44)54(46)39-20-8-3-9-21-39;/h1-27,29-33H;/q-1;. The van der Waals surface area contributed by atoms with Gasteiger partial charge in [0.15, 0.2) is 0 Å². The maximum absolute atomic E-state index is 4.80. The number of para-hydroxylation sites is 3. The SMILES string of the molecule is [Ir].[c-]1cc(-c2cccc(-c3ccc4c(c3)c3cc5c6ccccc6n(-c6ccccc6)c5cc3n4-c3ccccc3)c2)sc1-c1ncccc1-c1ccccc1. The Kier molecular flexibility index (Phi) is 8.57. The van der Waals surface area contributed by atoms with Gasteiger partial charge in [-0.15, -0.1) is 0 Å². The van der Waals surface area contributed by atoms with E-state index in [1.807, 2.05) is 18.3 Å². The van der Waals surface area contributed by atoms with E-state index in [-0.39, 0.29) is 20.1 Å². The second-order valence-corrected chi connectivity index (χ2v) is 15.0. The van der Waals surface area contributed by atoms with Gasteiger partial charge >= 0.3 is 0 Å². The second kappa shape index (κ2) is 14.0. The fourth-order valence-electron chi connectivity index (χ4n) is 8.22. The van der Waals surface area contributed by atoms with Crippen molar-refractivity contribution in [1.29, 1.82) is 0 Å². The zero-order valence-electron chi connectivity index (χ0n) is 30.1. The Morgan fingerprint density at radius 2 is 1.02 bits per heavy atom. The van der Waals surface area contributed by atoms with Gasteiger partial charge in [0.05, 0.1) is 22.1 Å². The summed E-state index contributed by atoms with van der Waals surface area (Å²) >= 11 is 1.74. The van der Waals surface area contributed by atoms with Crippen molar-refractivity contribution in [2.75, 3.05) is 0 Å². The molecular formula is C51H32IrN3S-. The molecule has 267 valence electrons. The van der Waals surface area contributed by atoms with Crippen molar-refractivity contribution in [3.8, 4) is 54.6 Å². The fourth-order valence-corrected chi connectivity index (χ4v) is 9.18. The molecule has 1 radical (unpaired) electrons. The smallest absolute Gasteiger partial charge is 0.0562 e. The second-order valence-electron chi connectivity index (χ2n) is 13.9. The molecule has 4 aromatic heterocycles. The Hall–Kier alpha value is -6.36. The average Bonchev–Trinajstić information content (AvgIpc) is 3.97. The van der Waals surface area contributed by atoms with Crippen LogP contribution in [0.15, 0.2) is 194 Å². The average molecular weight is 911 g/mol. The van der Waals surface area contributed by atoms with Gasteiger partial charge in [0, 0.05) is 59.2 Å². The van der Waals surface area contributed by atoms with Crippen molar-refractivity contribution < 1.29 is 20.1 Å². The Bertz CT molecular complexity index is 3200. The summed E-state index contributed by atoms with van der Waals surface area (Å²) in [6.45, 7) is 0. The molecule has 0 unspecified atom stereocenters. The molecule has 0 bridgehead atoms. The predicted molar refractivity (Wildman–Crippen MR) is 231 cm³/mol. The van der Waals surface area contributed by atoms with Gasteiger partial charge in [0.2, 0.25) is 0 Å². The Morgan fingerprint density at radius 1 is 0.429 bits per heavy atom. The van der Waals surface area contributed by atoms with Crippen LogP contribution in [0.3, 0.4) is 0 Å². The van der Waals surface area contributed by atoms with Gasteiger partial charge in [-0.2, -0.15) is 12.1 Å². The van der Waals surface area contributed by atoms with Gasteiger partial charge < -0.3 is 14.1 Å². The number of hydrogen-bond acceptors (Lipinski definition) is 2. The van der Waals surface area contributed by atoms with Crippen LogP contribution in [0.25, 0.3) is 98.3 Å². The van der Waals surface area contributed by atoms with Gasteiger partial charge in [-0.1, -0.05) is 137 Å². The van der Waals surface area contributed by atoms with Gasteiger partial charge in [0.25, 0.3) is 0 Å². The minimum Gasteiger partial charge on any atom is -0.318 e. The van der Waals surface area contributed by atoms with Crippen LogP contribution in [0.4, 0.5) is 0 Å². The van der Waals surface area contributed by atoms with E-state index in [9.17, 15) is 0 Å². The molecule has 0 spiro atoms. The number of thiophene rings is 1. The van der Waals surface area contributed by atoms with Crippen LogP contribution < -0.4 is 0 Å². The van der Waals surface area contributed by atoms with Gasteiger partial charge in [0.1, 0.15) is 0 Å². The van der Waals surface area contributed by atoms with Crippen molar-refractivity contribution in [2.45, 2.75) is 0 Å². The molecule has 0 aliphatic heterocycles. The van der Waals surface area contributed by atoms with E-state index >= 15 is 0 Å². The molecule has 56 heavy (non-hydrogen) atoms. The first-order valence-corrected chi connectivity index (χ1v) is 19.4. The van der Waals surface area contributed by atoms with Gasteiger partial charge in [-0.3, -0.25) is 0 Å². The molecule has 0 saturated carbocycles. The molecule has 11 rings (SSSR count). The quantitative estimate of drug-likeness (QED) is 0.152. The van der Waals surface area contributed by atoms with Crippen LogP contribution in [0, 0.1) is 6.07 Å². The zero-order chi connectivity index (χ0) is 36.3. The van der Waals surface area contributed by atoms with Crippen molar-refractivity contribution in [3.63, 3.8) is 0 Å². The van der Waals surface area contributed by atoms with Crippen molar-refractivity contribution in [1.82, 2.24) is 14.1 Å². The van der Waals surface area contributed by atoms with Gasteiger partial charge in [-0.05, 0) is 88.6 Å². The monoisotopic (exact) mass is 911 g/mol. The van der Waals surface area contributed by atoms with E-state index in [1.165, 1.54) is 65.2 Å². The molecule has 4 heterocycles. The number of fused-ring (bicyclic) bond motifs is 6. The summed E-state index contributed by atoms with van der Waals surface area (Å²) in [6, 6.07) is 71.1. The number of hydrogen-bond donors (Lipinski definition) is 0. The zero-order valence-corrected chi connectivity index (χ0v) is 33.3. The van der Waals surface area contributed by atoms with Crippen LogP contribution in [-0.4, -0.2) is 14.1 Å². The summed E-state index contributed by atoms with van der Waals surface area (Å²) in [7, 11) is 0. The Labute approximate surface area is 342 Å². The third kappa shape index (κ3) is 5.63. The summed E-state index contributed by atoms with van der Waals surface area (Å²) < 4.78 is 4.82. The predicted octanol–water partition coefficient (Wildman–Crippen LogP) is 13.8. The van der Waals surface area contributed by atoms with Crippen molar-refractivity contribution >= 4 is 54.9 Å². The molecule has 0 atom stereocenters. The Morgan fingerprint density at radius 3 is 1.77 bits per heavy atom. The molecule has 5 heteroatoms. The molecule has 0 aliphatic rings. The van der Waals surface area contributed by atoms with E-state index in [1.54, 1.807) is 11.3 Å². The maximum Gasteiger partial charge on any atom is 0.0562 e. The molecule has 0 fully saturated rings. The number of nitrogens with zero attached hydrogens (tertiary/aromatic N) is 3. The summed E-state index contributed by atoms with van der Waals surface area (Å²) in [5.41, 5.74) is 13.8. The van der Waals surface area contributed by atoms with Crippen LogP contribution in [0.2, 0.25) is 0 Å². The number of pyridine rings is 1. The molecule has 7 aromatic carbocycles. The number of benzene rings is 7. The molecular weight excluding hydrogens is 879 g/mol. The summed E-state index contributed by atoms with van der Waals surface area (Å²) in [4.78, 5) is 7.01. The molecule has 11 aromatic rings. The molecule has 0 saturated heterocycles. The minimum atomic E-state index is 0. The van der Waals surface area contributed by atoms with Crippen molar-refractivity contribution in [3.05, 3.63) is 200 Å². The molecule has 0 aliphatic carbocycles. The minimum absolute atomic E-state index is 0. The van der Waals surface area contributed by atoms with E-state index < -0.39 is 0 Å². The van der Waals surface area contributed by atoms with E-state index in [0.29, 0.717) is 0 Å². The molecule has 0 amide bonds. The van der Waals surface area contributed by atoms with E-state index in [4.69, 9.17) is 4.98 Å². The Balaban J connectivity index is 0.00000384. The largest absolute Gasteiger partial charge is 0.318 e. The first kappa shape index (κ1) is 34.2. The first-order chi connectivity index (χ1) is 27.3. The van der Waals surface area contributed by atoms with E-state index in [0.717, 1.165) is 33.1 Å². The summed E-state index contributed by atoms with van der Waals surface area (Å²) in [5, 5.41) is 4.97. The van der Waals surface area contributed by atoms with Crippen LogP contribution in [-0.2, 0) is 20.1 Å². The van der Waals surface area contributed by atoms with E-state index in [2.05, 4.69) is 191 Å². The van der Waals surface area contributed by atoms with Crippen LogP contribution >= 0.6 is 11.3 Å². The van der Waals surface area contributed by atoms with Crippen LogP contribution in [0.1, 0.15) is 0 Å². The normalized spacial score (nSPS) is 11.4. The summed E-state index contributed by atoms with van der Waals surface area (Å²) in [5.74, 6) is 0. The summed E-state index contributed by atoms with van der Waals surface area (Å²) in [6.07, 6.45) is 1.87. The van der Waals surface area contributed by atoms with Gasteiger partial charge in [-0.25, -0.2) is 11.3 Å². The molecule has 3 nitrogen and oxygen atoms in total. The third-order valence-electron chi connectivity index (χ3n) is 10.7. The molecule has 0 N–H and O–H groups in total. The maximum atomic E-state index is 4.80. The van der Waals surface area contributed by atoms with Crippen LogP contribution in [0.5, 0.6) is 0 Å². The fraction of sp³-hybridized carbons (Fsp3) is 0. The third-order valence-corrected chi connectivity index (χ3v) is 11.8. The number of aromatic nitrogens is 3. The first-order valence-electron chi connectivity index (χ1n) is 18.5. The number of rotatable bonds is 6. The van der Waals surface area contributed by atoms with Crippen molar-refractivity contribution in [2.24, 2.45) is 0 Å². The topological polar surface area (TPSA) is 22.8 Å².